The number of esters is 1. The number of methoxy groups -OCH3 is 1. The molecule has 12 heavy (non-hydrogen) atoms. The van der Waals surface area contributed by atoms with Gasteiger partial charge in [0.2, 0.25) is 0 Å². The Hall–Kier alpha value is -0.510. The summed E-state index contributed by atoms with van der Waals surface area (Å²) in [5.74, 6) is 1.61. The summed E-state index contributed by atoms with van der Waals surface area (Å²) in [5, 5.41) is 0. The lowest BCUT2D eigenvalue weighted by molar-refractivity contribution is -0.140. The summed E-state index contributed by atoms with van der Waals surface area (Å²) in [7, 11) is 1.39. The molecule has 0 aromatic carbocycles. The molecule has 0 fully saturated rings. The topological polar surface area (TPSA) is 43.4 Å². The largest absolute Gasteiger partial charge is 0.469 e. The molecule has 0 aromatic heterocycles. The molecule has 0 bridgehead atoms. The number of aldehydes is 1. The number of hydrogen-bond acceptors (Lipinski definition) is 4. The highest BCUT2D eigenvalue weighted by Gasteiger charge is 1.98. The second kappa shape index (κ2) is 8.59. The molecule has 0 aliphatic carbocycles. The number of carbonyl (C=O) groups excluding carboxylic acids is 2. The van der Waals surface area contributed by atoms with E-state index in [-0.39, 0.29) is 5.97 Å². The monoisotopic (exact) mass is 190 g/mol. The van der Waals surface area contributed by atoms with Gasteiger partial charge < -0.3 is 9.53 Å². The van der Waals surface area contributed by atoms with Gasteiger partial charge in [-0.25, -0.2) is 0 Å². The summed E-state index contributed by atoms with van der Waals surface area (Å²) in [5.41, 5.74) is 0. The first-order chi connectivity index (χ1) is 5.81. The molecular formula is C8H14O3S. The highest BCUT2D eigenvalue weighted by molar-refractivity contribution is 7.99. The maximum absolute atomic E-state index is 10.6. The van der Waals surface area contributed by atoms with Crippen LogP contribution in [0.2, 0.25) is 0 Å². The van der Waals surface area contributed by atoms with Crippen molar-refractivity contribution in [3.8, 4) is 0 Å². The van der Waals surface area contributed by atoms with Gasteiger partial charge in [-0.15, -0.1) is 0 Å². The number of rotatable bonds is 7. The predicted molar refractivity (Wildman–Crippen MR) is 49.3 cm³/mol. The lowest BCUT2D eigenvalue weighted by Gasteiger charge is -1.98. The Balaban J connectivity index is 3.00. The molecule has 0 saturated heterocycles. The van der Waals surface area contributed by atoms with Crippen LogP contribution >= 0.6 is 11.8 Å². The van der Waals surface area contributed by atoms with E-state index in [2.05, 4.69) is 4.74 Å². The molecule has 0 saturated carbocycles. The van der Waals surface area contributed by atoms with Crippen LogP contribution in [0.1, 0.15) is 19.3 Å². The fourth-order valence-electron chi connectivity index (χ4n) is 0.654. The third-order valence-corrected chi connectivity index (χ3v) is 2.38. The zero-order valence-corrected chi connectivity index (χ0v) is 8.06. The Labute approximate surface area is 76.9 Å². The maximum atomic E-state index is 10.6. The van der Waals surface area contributed by atoms with Crippen molar-refractivity contribution < 1.29 is 14.3 Å². The third-order valence-electron chi connectivity index (χ3n) is 1.28. The zero-order valence-electron chi connectivity index (χ0n) is 7.25. The van der Waals surface area contributed by atoms with Crippen molar-refractivity contribution in [3.05, 3.63) is 0 Å². The van der Waals surface area contributed by atoms with Crippen LogP contribution in [0.4, 0.5) is 0 Å². The smallest absolute Gasteiger partial charge is 0.305 e. The van der Waals surface area contributed by atoms with E-state index in [1.165, 1.54) is 7.11 Å². The van der Waals surface area contributed by atoms with Crippen LogP contribution in [0.25, 0.3) is 0 Å². The van der Waals surface area contributed by atoms with Gasteiger partial charge >= 0.3 is 5.97 Å². The first-order valence-corrected chi connectivity index (χ1v) is 5.05. The van der Waals surface area contributed by atoms with Gasteiger partial charge in [0.25, 0.3) is 0 Å². The van der Waals surface area contributed by atoms with Crippen molar-refractivity contribution in [2.45, 2.75) is 19.3 Å². The third kappa shape index (κ3) is 7.60. The second-order valence-electron chi connectivity index (χ2n) is 2.25. The Bertz CT molecular complexity index is 136. The highest BCUT2D eigenvalue weighted by atomic mass is 32.2. The summed E-state index contributed by atoms with van der Waals surface area (Å²) in [6, 6.07) is 0. The zero-order chi connectivity index (χ0) is 9.23. The molecule has 4 heteroatoms. The summed E-state index contributed by atoms with van der Waals surface area (Å²) >= 11 is 1.69. The average molecular weight is 190 g/mol. The molecule has 0 heterocycles. The molecule has 0 aliphatic rings. The summed E-state index contributed by atoms with van der Waals surface area (Å²) < 4.78 is 4.47. The van der Waals surface area contributed by atoms with Gasteiger partial charge in [0.15, 0.2) is 0 Å². The second-order valence-corrected chi connectivity index (χ2v) is 3.47. The van der Waals surface area contributed by atoms with E-state index in [1.807, 2.05) is 0 Å². The molecule has 0 N–H and O–H groups in total. The van der Waals surface area contributed by atoms with Crippen LogP contribution in [0.5, 0.6) is 0 Å². The summed E-state index contributed by atoms with van der Waals surface area (Å²) in [6.45, 7) is 0. The normalized spacial score (nSPS) is 9.42. The van der Waals surface area contributed by atoms with Crippen molar-refractivity contribution in [1.29, 1.82) is 0 Å². The van der Waals surface area contributed by atoms with Crippen molar-refractivity contribution in [2.24, 2.45) is 0 Å². The average Bonchev–Trinajstić information content (AvgIpc) is 2.10. The van der Waals surface area contributed by atoms with Crippen LogP contribution in [0.15, 0.2) is 0 Å². The van der Waals surface area contributed by atoms with Crippen LogP contribution in [-0.2, 0) is 14.3 Å². The molecule has 0 aliphatic heterocycles. The van der Waals surface area contributed by atoms with E-state index in [4.69, 9.17) is 0 Å². The molecule has 0 spiro atoms. The number of ether oxygens (including phenoxy) is 1. The van der Waals surface area contributed by atoms with Crippen molar-refractivity contribution in [1.82, 2.24) is 0 Å². The van der Waals surface area contributed by atoms with Gasteiger partial charge in [-0.05, 0) is 17.9 Å². The van der Waals surface area contributed by atoms with Gasteiger partial charge in [0, 0.05) is 12.8 Å². The molecule has 70 valence electrons. The van der Waals surface area contributed by atoms with E-state index in [9.17, 15) is 9.59 Å². The molecule has 0 amide bonds. The number of hydrogen-bond donors (Lipinski definition) is 0. The van der Waals surface area contributed by atoms with E-state index < -0.39 is 0 Å². The minimum Gasteiger partial charge on any atom is -0.469 e. The standard InChI is InChI=1S/C8H14O3S/c1-11-8(10)4-2-6-12-7-3-5-9/h5H,2-4,6-7H2,1H3. The molecule has 0 unspecified atom stereocenters. The van der Waals surface area contributed by atoms with Crippen molar-refractivity contribution >= 4 is 24.0 Å². The molecular weight excluding hydrogens is 176 g/mol. The van der Waals surface area contributed by atoms with Gasteiger partial charge in [0.05, 0.1) is 7.11 Å². The lowest BCUT2D eigenvalue weighted by atomic mass is 10.3. The fourth-order valence-corrected chi connectivity index (χ4v) is 1.47. The highest BCUT2D eigenvalue weighted by Crippen LogP contribution is 2.05. The minimum absolute atomic E-state index is 0.161. The predicted octanol–water partition coefficient (Wildman–Crippen LogP) is 1.26. The van der Waals surface area contributed by atoms with Gasteiger partial charge in [-0.1, -0.05) is 0 Å². The number of carbonyl (C=O) groups is 2. The van der Waals surface area contributed by atoms with E-state index in [0.29, 0.717) is 12.8 Å². The van der Waals surface area contributed by atoms with Crippen LogP contribution < -0.4 is 0 Å². The summed E-state index contributed by atoms with van der Waals surface area (Å²) in [6.07, 6.45) is 2.82. The van der Waals surface area contributed by atoms with Crippen molar-refractivity contribution in [3.63, 3.8) is 0 Å². The summed E-state index contributed by atoms with van der Waals surface area (Å²) in [4.78, 5) is 20.5. The molecule has 0 rings (SSSR count). The number of thioether (sulfide) groups is 1. The minimum atomic E-state index is -0.161. The Morgan fingerprint density at radius 1 is 1.50 bits per heavy atom. The first-order valence-electron chi connectivity index (χ1n) is 3.89. The Morgan fingerprint density at radius 2 is 2.25 bits per heavy atom. The van der Waals surface area contributed by atoms with Crippen molar-refractivity contribution in [2.75, 3.05) is 18.6 Å². The van der Waals surface area contributed by atoms with E-state index in [0.717, 1.165) is 24.2 Å². The van der Waals surface area contributed by atoms with Gasteiger partial charge in [-0.2, -0.15) is 11.8 Å². The van der Waals surface area contributed by atoms with Crippen LogP contribution in [0.3, 0.4) is 0 Å². The van der Waals surface area contributed by atoms with Gasteiger partial charge in [-0.3, -0.25) is 4.79 Å². The van der Waals surface area contributed by atoms with E-state index >= 15 is 0 Å². The fraction of sp³-hybridized carbons (Fsp3) is 0.750. The van der Waals surface area contributed by atoms with Crippen LogP contribution in [0, 0.1) is 0 Å². The quantitative estimate of drug-likeness (QED) is 0.344. The van der Waals surface area contributed by atoms with Gasteiger partial charge in [0.1, 0.15) is 6.29 Å². The van der Waals surface area contributed by atoms with Crippen LogP contribution in [-0.4, -0.2) is 30.9 Å². The molecule has 0 radical (unpaired) electrons. The Kier molecular flexibility index (Phi) is 8.22. The molecule has 3 nitrogen and oxygen atoms in total. The first kappa shape index (κ1) is 11.5. The SMILES string of the molecule is COC(=O)CCCSCCC=O. The van der Waals surface area contributed by atoms with E-state index in [1.54, 1.807) is 11.8 Å². The maximum Gasteiger partial charge on any atom is 0.305 e. The lowest BCUT2D eigenvalue weighted by Crippen LogP contribution is -2.00. The Morgan fingerprint density at radius 3 is 2.83 bits per heavy atom. The molecule has 0 atom stereocenters. The molecule has 0 aromatic rings.